The molecule has 20 heavy (non-hydrogen) atoms. The number of nitrogens with zero attached hydrogens (tertiary/aromatic N) is 5. The SMILES string of the molecule is CN(Cc1ccccn1)c1ncnc(NN)c1[N+](=O)[O-]. The van der Waals surface area contributed by atoms with Crippen molar-refractivity contribution in [2.45, 2.75) is 6.54 Å². The zero-order valence-corrected chi connectivity index (χ0v) is 10.7. The second-order valence-electron chi connectivity index (χ2n) is 3.97. The van der Waals surface area contributed by atoms with Gasteiger partial charge in [0.15, 0.2) is 0 Å². The van der Waals surface area contributed by atoms with Gasteiger partial charge in [-0.1, -0.05) is 6.07 Å². The van der Waals surface area contributed by atoms with E-state index in [-0.39, 0.29) is 17.3 Å². The van der Waals surface area contributed by atoms with Crippen LogP contribution in [0.4, 0.5) is 17.3 Å². The summed E-state index contributed by atoms with van der Waals surface area (Å²) in [5.74, 6) is 5.37. The summed E-state index contributed by atoms with van der Waals surface area (Å²) >= 11 is 0. The summed E-state index contributed by atoms with van der Waals surface area (Å²) < 4.78 is 0. The van der Waals surface area contributed by atoms with Crippen LogP contribution in [0.25, 0.3) is 0 Å². The van der Waals surface area contributed by atoms with Crippen LogP contribution in [0.15, 0.2) is 30.7 Å². The number of hydrogen-bond acceptors (Lipinski definition) is 8. The lowest BCUT2D eigenvalue weighted by Crippen LogP contribution is -2.21. The number of hydrazine groups is 1. The number of nitrogens with two attached hydrogens (primary N) is 1. The molecular formula is C11H13N7O2. The molecule has 0 spiro atoms. The second kappa shape index (κ2) is 5.89. The smallest absolute Gasteiger partial charge is 0.348 e. The average Bonchev–Trinajstić information content (AvgIpc) is 2.47. The van der Waals surface area contributed by atoms with E-state index in [0.29, 0.717) is 6.54 Å². The van der Waals surface area contributed by atoms with E-state index >= 15 is 0 Å². The number of anilines is 2. The zero-order chi connectivity index (χ0) is 14.5. The first-order valence-electron chi connectivity index (χ1n) is 5.70. The molecule has 2 aromatic rings. The van der Waals surface area contributed by atoms with Crippen LogP contribution in [-0.2, 0) is 6.54 Å². The van der Waals surface area contributed by atoms with Crippen molar-refractivity contribution < 1.29 is 4.92 Å². The molecule has 0 aliphatic heterocycles. The van der Waals surface area contributed by atoms with Gasteiger partial charge >= 0.3 is 5.69 Å². The second-order valence-corrected chi connectivity index (χ2v) is 3.97. The minimum Gasteiger partial charge on any atom is -0.348 e. The van der Waals surface area contributed by atoms with E-state index < -0.39 is 4.92 Å². The number of nitro groups is 1. The van der Waals surface area contributed by atoms with Crippen LogP contribution >= 0.6 is 0 Å². The van der Waals surface area contributed by atoms with Gasteiger partial charge in [0.1, 0.15) is 6.33 Å². The zero-order valence-electron chi connectivity index (χ0n) is 10.7. The largest absolute Gasteiger partial charge is 0.354 e. The number of rotatable bonds is 5. The maximum Gasteiger partial charge on any atom is 0.354 e. The number of nitrogen functional groups attached to an aromatic ring is 1. The summed E-state index contributed by atoms with van der Waals surface area (Å²) in [6.45, 7) is 0.378. The average molecular weight is 275 g/mol. The Morgan fingerprint density at radius 3 is 2.80 bits per heavy atom. The molecule has 0 saturated heterocycles. The van der Waals surface area contributed by atoms with E-state index in [0.717, 1.165) is 5.69 Å². The lowest BCUT2D eigenvalue weighted by atomic mass is 10.3. The summed E-state index contributed by atoms with van der Waals surface area (Å²) in [4.78, 5) is 24.0. The molecule has 2 heterocycles. The first-order chi connectivity index (χ1) is 9.63. The molecule has 9 nitrogen and oxygen atoms in total. The van der Waals surface area contributed by atoms with Crippen LogP contribution in [0.1, 0.15) is 5.69 Å². The van der Waals surface area contributed by atoms with E-state index in [9.17, 15) is 10.1 Å². The van der Waals surface area contributed by atoms with Gasteiger partial charge in [-0.05, 0) is 12.1 Å². The Balaban J connectivity index is 2.34. The first kappa shape index (κ1) is 13.6. The van der Waals surface area contributed by atoms with Crippen molar-refractivity contribution >= 4 is 17.3 Å². The van der Waals surface area contributed by atoms with Gasteiger partial charge in [0, 0.05) is 13.2 Å². The van der Waals surface area contributed by atoms with Crippen molar-refractivity contribution in [2.75, 3.05) is 17.4 Å². The molecule has 2 rings (SSSR count). The van der Waals surface area contributed by atoms with Gasteiger partial charge in [-0.15, -0.1) is 0 Å². The molecule has 104 valence electrons. The van der Waals surface area contributed by atoms with Crippen molar-refractivity contribution in [1.29, 1.82) is 0 Å². The summed E-state index contributed by atoms with van der Waals surface area (Å²) in [7, 11) is 1.68. The molecule has 9 heteroatoms. The predicted molar refractivity (Wildman–Crippen MR) is 72.8 cm³/mol. The predicted octanol–water partition coefficient (Wildman–Crippen LogP) is 0.702. The fourth-order valence-electron chi connectivity index (χ4n) is 1.73. The van der Waals surface area contributed by atoms with Gasteiger partial charge in [0.2, 0.25) is 11.6 Å². The van der Waals surface area contributed by atoms with Crippen LogP contribution in [0.5, 0.6) is 0 Å². The lowest BCUT2D eigenvalue weighted by molar-refractivity contribution is -0.383. The van der Waals surface area contributed by atoms with Crippen LogP contribution in [0.3, 0.4) is 0 Å². The molecule has 0 radical (unpaired) electrons. The molecule has 0 bridgehead atoms. The van der Waals surface area contributed by atoms with Gasteiger partial charge in [-0.3, -0.25) is 15.1 Å². The molecule has 0 atom stereocenters. The van der Waals surface area contributed by atoms with Crippen molar-refractivity contribution in [3.05, 3.63) is 46.5 Å². The third-order valence-corrected chi connectivity index (χ3v) is 2.61. The Kier molecular flexibility index (Phi) is 4.01. The third kappa shape index (κ3) is 2.78. The van der Waals surface area contributed by atoms with Crippen LogP contribution < -0.4 is 16.2 Å². The topological polar surface area (TPSA) is 123 Å². The summed E-state index contributed by atoms with van der Waals surface area (Å²) in [5, 5.41) is 11.1. The third-order valence-electron chi connectivity index (χ3n) is 2.61. The highest BCUT2D eigenvalue weighted by Crippen LogP contribution is 2.30. The van der Waals surface area contributed by atoms with Crippen molar-refractivity contribution in [3.8, 4) is 0 Å². The molecule has 0 aliphatic carbocycles. The lowest BCUT2D eigenvalue weighted by Gasteiger charge is -2.17. The van der Waals surface area contributed by atoms with Gasteiger partial charge in [0.05, 0.1) is 17.2 Å². The van der Waals surface area contributed by atoms with Gasteiger partial charge in [-0.25, -0.2) is 15.8 Å². The number of aromatic nitrogens is 3. The normalized spacial score (nSPS) is 10.1. The Morgan fingerprint density at radius 1 is 1.40 bits per heavy atom. The summed E-state index contributed by atoms with van der Waals surface area (Å²) in [5.41, 5.74) is 2.70. The monoisotopic (exact) mass is 275 g/mol. The quantitative estimate of drug-likeness (QED) is 0.464. The van der Waals surface area contributed by atoms with Gasteiger partial charge < -0.3 is 10.3 Å². The van der Waals surface area contributed by atoms with E-state index in [1.165, 1.54) is 6.33 Å². The fourth-order valence-corrected chi connectivity index (χ4v) is 1.73. The van der Waals surface area contributed by atoms with E-state index in [1.807, 2.05) is 12.1 Å². The molecule has 0 saturated carbocycles. The Labute approximate surface area is 114 Å². The minimum atomic E-state index is -0.570. The highest BCUT2D eigenvalue weighted by atomic mass is 16.6. The van der Waals surface area contributed by atoms with Crippen molar-refractivity contribution in [3.63, 3.8) is 0 Å². The van der Waals surface area contributed by atoms with E-state index in [2.05, 4.69) is 20.4 Å². The molecular weight excluding hydrogens is 262 g/mol. The molecule has 0 unspecified atom stereocenters. The molecule has 0 aliphatic rings. The van der Waals surface area contributed by atoms with Gasteiger partial charge in [0.25, 0.3) is 0 Å². The van der Waals surface area contributed by atoms with Crippen LogP contribution in [0.2, 0.25) is 0 Å². The number of nitrogens with one attached hydrogen (secondary N) is 1. The maximum atomic E-state index is 11.1. The maximum absolute atomic E-state index is 11.1. The van der Waals surface area contributed by atoms with E-state index in [4.69, 9.17) is 5.84 Å². The molecule has 0 amide bonds. The van der Waals surface area contributed by atoms with Crippen molar-refractivity contribution in [1.82, 2.24) is 15.0 Å². The Bertz CT molecular complexity index is 605. The highest BCUT2D eigenvalue weighted by Gasteiger charge is 2.25. The fraction of sp³-hybridized carbons (Fsp3) is 0.182. The summed E-state index contributed by atoms with van der Waals surface area (Å²) in [6.07, 6.45) is 2.87. The molecule has 3 N–H and O–H groups in total. The standard InChI is InChI=1S/C11H13N7O2/c1-17(6-8-4-2-3-5-13-8)11-9(18(19)20)10(16-12)14-7-15-11/h2-5,7H,6,12H2,1H3,(H,14,15,16). The van der Waals surface area contributed by atoms with Crippen molar-refractivity contribution in [2.24, 2.45) is 5.84 Å². The van der Waals surface area contributed by atoms with Crippen LogP contribution in [-0.4, -0.2) is 26.9 Å². The highest BCUT2D eigenvalue weighted by molar-refractivity contribution is 5.69. The van der Waals surface area contributed by atoms with Gasteiger partial charge in [-0.2, -0.15) is 0 Å². The first-order valence-corrected chi connectivity index (χ1v) is 5.70. The Hall–Kier alpha value is -2.81. The molecule has 0 fully saturated rings. The number of hydrogen-bond donors (Lipinski definition) is 2. The van der Waals surface area contributed by atoms with Crippen LogP contribution in [0, 0.1) is 10.1 Å². The number of pyridine rings is 1. The van der Waals surface area contributed by atoms with E-state index in [1.54, 1.807) is 24.2 Å². The molecule has 0 aromatic carbocycles. The summed E-state index contributed by atoms with van der Waals surface area (Å²) in [6, 6.07) is 5.47. The Morgan fingerprint density at radius 2 is 2.20 bits per heavy atom. The molecule has 2 aromatic heterocycles. The minimum absolute atomic E-state index is 0.0344.